The van der Waals surface area contributed by atoms with Gasteiger partial charge in [0.1, 0.15) is 5.82 Å². The summed E-state index contributed by atoms with van der Waals surface area (Å²) in [5, 5.41) is 12.3. The van der Waals surface area contributed by atoms with E-state index in [4.69, 9.17) is 10.00 Å². The van der Waals surface area contributed by atoms with E-state index in [0.29, 0.717) is 17.7 Å². The Morgan fingerprint density at radius 2 is 1.68 bits per heavy atom. The van der Waals surface area contributed by atoms with Crippen LogP contribution >= 0.6 is 0 Å². The van der Waals surface area contributed by atoms with Crippen molar-refractivity contribution in [1.82, 2.24) is 9.80 Å². The number of morpholine rings is 2. The number of ether oxygens (including phenoxy) is 1. The van der Waals surface area contributed by atoms with Crippen molar-refractivity contribution in [3.8, 4) is 6.07 Å². The molecule has 162 valence electrons. The molecule has 0 aromatic heterocycles. The van der Waals surface area contributed by atoms with Gasteiger partial charge in [-0.3, -0.25) is 14.6 Å². The summed E-state index contributed by atoms with van der Waals surface area (Å²) in [4.78, 5) is 17.1. The molecule has 2 aliphatic heterocycles. The molecule has 2 atom stereocenters. The number of nitrogens with one attached hydrogen (secondary N) is 1. The number of carbonyl (C=O) groups excluding carboxylic acids is 1. The van der Waals surface area contributed by atoms with Crippen LogP contribution in [-0.2, 0) is 4.74 Å². The number of fused-ring (bicyclic) bond motifs is 2. The van der Waals surface area contributed by atoms with Gasteiger partial charge in [-0.2, -0.15) is 5.26 Å². The van der Waals surface area contributed by atoms with E-state index in [0.717, 1.165) is 51.4 Å². The maximum Gasteiger partial charge on any atom is 0.176 e. The van der Waals surface area contributed by atoms with Gasteiger partial charge in [0, 0.05) is 50.5 Å². The molecule has 2 fully saturated rings. The van der Waals surface area contributed by atoms with E-state index in [1.54, 1.807) is 12.1 Å². The first-order chi connectivity index (χ1) is 15.1. The molecule has 0 saturated carbocycles. The first-order valence-electron chi connectivity index (χ1n) is 10.7. The van der Waals surface area contributed by atoms with E-state index in [2.05, 4.69) is 21.2 Å². The maximum atomic E-state index is 13.1. The summed E-state index contributed by atoms with van der Waals surface area (Å²) in [6, 6.07) is 15.4. The van der Waals surface area contributed by atoms with Crippen molar-refractivity contribution in [2.24, 2.45) is 0 Å². The maximum absolute atomic E-state index is 13.1. The van der Waals surface area contributed by atoms with Crippen molar-refractivity contribution in [2.75, 3.05) is 51.1 Å². The van der Waals surface area contributed by atoms with E-state index in [-0.39, 0.29) is 23.8 Å². The first-order valence-corrected chi connectivity index (χ1v) is 10.7. The molecule has 1 N–H and O–H groups in total. The third-order valence-corrected chi connectivity index (χ3v) is 5.76. The second-order valence-electron chi connectivity index (χ2n) is 8.23. The Kier molecular flexibility index (Phi) is 6.92. The molecular formula is C24H27FN4O2. The van der Waals surface area contributed by atoms with Gasteiger partial charge in [-0.1, -0.05) is 0 Å². The van der Waals surface area contributed by atoms with Crippen molar-refractivity contribution >= 4 is 11.5 Å². The Morgan fingerprint density at radius 1 is 1.03 bits per heavy atom. The molecular weight excluding hydrogens is 395 g/mol. The van der Waals surface area contributed by atoms with Crippen LogP contribution in [0, 0.1) is 17.1 Å². The van der Waals surface area contributed by atoms with Crippen LogP contribution in [0.1, 0.15) is 22.3 Å². The Balaban J connectivity index is 1.19. The van der Waals surface area contributed by atoms with Gasteiger partial charge in [-0.25, -0.2) is 4.39 Å². The average molecular weight is 423 g/mol. The minimum atomic E-state index is -0.329. The normalized spacial score (nSPS) is 21.4. The second kappa shape index (κ2) is 10.0. The number of rotatable bonds is 8. The number of ketones is 1. The number of nitrogens with zero attached hydrogens (tertiary/aromatic N) is 3. The summed E-state index contributed by atoms with van der Waals surface area (Å²) < 4.78 is 19.2. The fourth-order valence-corrected chi connectivity index (χ4v) is 4.30. The highest BCUT2D eigenvalue weighted by atomic mass is 19.1. The summed E-state index contributed by atoms with van der Waals surface area (Å²) in [7, 11) is 0. The highest BCUT2D eigenvalue weighted by Crippen LogP contribution is 2.20. The molecule has 0 spiro atoms. The van der Waals surface area contributed by atoms with E-state index in [1.165, 1.54) is 12.1 Å². The number of anilines is 1. The zero-order chi connectivity index (χ0) is 21.6. The van der Waals surface area contributed by atoms with E-state index in [9.17, 15) is 9.18 Å². The van der Waals surface area contributed by atoms with Crippen LogP contribution in [0.15, 0.2) is 48.5 Å². The standard InChI is InChI=1S/C24H27FN4O2/c25-20-6-4-19(5-7-20)24(30)17-29-15-22-13-28(14-23(16-29)31-22)11-1-10-27-21-8-2-18(12-26)3-9-21/h2-9,22-23,27H,1,10-11,13-17H2. The Morgan fingerprint density at radius 3 is 2.32 bits per heavy atom. The predicted molar refractivity (Wildman–Crippen MR) is 117 cm³/mol. The predicted octanol–water partition coefficient (Wildman–Crippen LogP) is 2.77. The molecule has 0 radical (unpaired) electrons. The molecule has 2 aliphatic rings. The fourth-order valence-electron chi connectivity index (χ4n) is 4.30. The average Bonchev–Trinajstić information content (AvgIpc) is 2.77. The molecule has 2 saturated heterocycles. The lowest BCUT2D eigenvalue weighted by Gasteiger charge is -2.45. The number of benzene rings is 2. The Bertz CT molecular complexity index is 912. The van der Waals surface area contributed by atoms with Gasteiger partial charge < -0.3 is 10.1 Å². The molecule has 2 aromatic rings. The van der Waals surface area contributed by atoms with Crippen LogP contribution < -0.4 is 5.32 Å². The molecule has 4 rings (SSSR count). The summed E-state index contributed by atoms with van der Waals surface area (Å²) in [5.41, 5.74) is 2.24. The summed E-state index contributed by atoms with van der Waals surface area (Å²) in [6.07, 6.45) is 1.24. The summed E-state index contributed by atoms with van der Waals surface area (Å²) in [5.74, 6) is -0.310. The molecule has 0 aliphatic carbocycles. The van der Waals surface area contributed by atoms with Crippen molar-refractivity contribution < 1.29 is 13.9 Å². The van der Waals surface area contributed by atoms with Crippen molar-refractivity contribution in [3.05, 3.63) is 65.5 Å². The highest BCUT2D eigenvalue weighted by molar-refractivity contribution is 5.97. The smallest absolute Gasteiger partial charge is 0.176 e. The number of hydrogen-bond donors (Lipinski definition) is 1. The van der Waals surface area contributed by atoms with Crippen LogP contribution in [0.5, 0.6) is 0 Å². The lowest BCUT2D eigenvalue weighted by atomic mass is 10.1. The molecule has 2 unspecified atom stereocenters. The minimum absolute atomic E-state index is 0.0192. The highest BCUT2D eigenvalue weighted by Gasteiger charge is 2.35. The molecule has 2 bridgehead atoms. The largest absolute Gasteiger partial charge is 0.385 e. The lowest BCUT2D eigenvalue weighted by Crippen LogP contribution is -2.60. The van der Waals surface area contributed by atoms with Gasteiger partial charge >= 0.3 is 0 Å². The Hall–Kier alpha value is -2.79. The van der Waals surface area contributed by atoms with Crippen LogP contribution in [0.25, 0.3) is 0 Å². The van der Waals surface area contributed by atoms with Gasteiger partial charge in [0.15, 0.2) is 5.78 Å². The SMILES string of the molecule is N#Cc1ccc(NCCCN2CC3CN(CC(=O)c4ccc(F)cc4)CC(C2)O3)cc1. The van der Waals surface area contributed by atoms with Crippen LogP contribution in [0.4, 0.5) is 10.1 Å². The van der Waals surface area contributed by atoms with Crippen LogP contribution in [0.3, 0.4) is 0 Å². The van der Waals surface area contributed by atoms with Gasteiger partial charge in [0.2, 0.25) is 0 Å². The number of nitriles is 1. The number of Topliss-reactive ketones (excluding diaryl/α,β-unsaturated/α-hetero) is 1. The minimum Gasteiger partial charge on any atom is -0.385 e. The van der Waals surface area contributed by atoms with Gasteiger partial charge in [-0.05, 0) is 55.0 Å². The quantitative estimate of drug-likeness (QED) is 0.521. The van der Waals surface area contributed by atoms with Crippen molar-refractivity contribution in [1.29, 1.82) is 5.26 Å². The third-order valence-electron chi connectivity index (χ3n) is 5.76. The number of halogens is 1. The molecule has 0 amide bonds. The molecule has 2 heterocycles. The van der Waals surface area contributed by atoms with Crippen molar-refractivity contribution in [2.45, 2.75) is 18.6 Å². The van der Waals surface area contributed by atoms with E-state index < -0.39 is 0 Å². The zero-order valence-corrected chi connectivity index (χ0v) is 17.5. The summed E-state index contributed by atoms with van der Waals surface area (Å²) >= 11 is 0. The molecule has 31 heavy (non-hydrogen) atoms. The van der Waals surface area contributed by atoms with Gasteiger partial charge in [-0.15, -0.1) is 0 Å². The number of hydrogen-bond acceptors (Lipinski definition) is 6. The van der Waals surface area contributed by atoms with Gasteiger partial charge in [0.05, 0.1) is 30.4 Å². The Labute approximate surface area is 182 Å². The monoisotopic (exact) mass is 422 g/mol. The van der Waals surface area contributed by atoms with E-state index >= 15 is 0 Å². The summed E-state index contributed by atoms with van der Waals surface area (Å²) in [6.45, 7) is 5.43. The number of carbonyl (C=O) groups is 1. The lowest BCUT2D eigenvalue weighted by molar-refractivity contribution is -0.136. The molecule has 2 aromatic carbocycles. The topological polar surface area (TPSA) is 68.6 Å². The van der Waals surface area contributed by atoms with Gasteiger partial charge in [0.25, 0.3) is 0 Å². The third kappa shape index (κ3) is 5.88. The van der Waals surface area contributed by atoms with E-state index in [1.807, 2.05) is 24.3 Å². The fraction of sp³-hybridized carbons (Fsp3) is 0.417. The zero-order valence-electron chi connectivity index (χ0n) is 17.5. The first kappa shape index (κ1) is 21.4. The van der Waals surface area contributed by atoms with Crippen LogP contribution in [0.2, 0.25) is 0 Å². The molecule has 7 heteroatoms. The van der Waals surface area contributed by atoms with Crippen molar-refractivity contribution in [3.63, 3.8) is 0 Å². The second-order valence-corrected chi connectivity index (χ2v) is 8.23. The van der Waals surface area contributed by atoms with Crippen LogP contribution in [-0.4, -0.2) is 73.6 Å². The molecule has 6 nitrogen and oxygen atoms in total.